The zero-order valence-corrected chi connectivity index (χ0v) is 18.4. The number of nitrogens with zero attached hydrogens (tertiary/aromatic N) is 2. The van der Waals surface area contributed by atoms with Gasteiger partial charge in [-0.05, 0) is 48.4 Å². The summed E-state index contributed by atoms with van der Waals surface area (Å²) in [4.78, 5) is 24.4. The number of carbonyl (C=O) groups is 2. The number of carboxylic acid groups (broad SMARTS) is 1. The molecule has 7 nitrogen and oxygen atoms in total. The van der Waals surface area contributed by atoms with Crippen LogP contribution in [0.15, 0.2) is 72.8 Å². The fourth-order valence-corrected chi connectivity index (χ4v) is 3.67. The van der Waals surface area contributed by atoms with E-state index in [1.54, 1.807) is 43.3 Å². The summed E-state index contributed by atoms with van der Waals surface area (Å²) in [5.74, 6) is -1.78. The standard InChI is InChI=1S/C25H20F3N3O4/c1-15(17-8-10-18(11-9-17)24(33)34)29-23(32)22-20-4-2-3-5-21(20)30-31(22)14-16-6-12-19(13-7-16)35-25(26,27)28/h2-13,15H,14H2,1H3,(H,29,32)(H,33,34)/t15-/m0/s1. The van der Waals surface area contributed by atoms with Crippen LogP contribution in [0.25, 0.3) is 10.9 Å². The molecule has 0 aliphatic rings. The van der Waals surface area contributed by atoms with Crippen LogP contribution in [0.4, 0.5) is 13.2 Å². The number of carbonyl (C=O) groups excluding carboxylic acids is 1. The molecule has 0 bridgehead atoms. The highest BCUT2D eigenvalue weighted by Gasteiger charge is 2.31. The van der Waals surface area contributed by atoms with Crippen LogP contribution in [0.3, 0.4) is 0 Å². The highest BCUT2D eigenvalue weighted by molar-refractivity contribution is 6.05. The second-order valence-electron chi connectivity index (χ2n) is 7.84. The number of halogens is 3. The maximum absolute atomic E-state index is 13.3. The number of fused-ring (bicyclic) bond motifs is 1. The molecular formula is C25H20F3N3O4. The van der Waals surface area contributed by atoms with Gasteiger partial charge < -0.3 is 15.2 Å². The summed E-state index contributed by atoms with van der Waals surface area (Å²) in [7, 11) is 0. The number of rotatable bonds is 7. The molecule has 3 aromatic carbocycles. The molecule has 0 aliphatic carbocycles. The van der Waals surface area contributed by atoms with Crippen LogP contribution in [0.1, 0.15) is 44.9 Å². The Balaban J connectivity index is 1.58. The van der Waals surface area contributed by atoms with Crippen molar-refractivity contribution >= 4 is 22.8 Å². The van der Waals surface area contributed by atoms with Crippen LogP contribution in [0.2, 0.25) is 0 Å². The molecule has 1 amide bonds. The van der Waals surface area contributed by atoms with E-state index in [1.165, 1.54) is 41.1 Å². The molecule has 10 heteroatoms. The summed E-state index contributed by atoms with van der Waals surface area (Å²) in [6.07, 6.45) is -4.78. The summed E-state index contributed by atoms with van der Waals surface area (Å²) >= 11 is 0. The van der Waals surface area contributed by atoms with Crippen LogP contribution in [-0.2, 0) is 6.54 Å². The number of aromatic carboxylic acids is 1. The fourth-order valence-electron chi connectivity index (χ4n) is 3.67. The van der Waals surface area contributed by atoms with Gasteiger partial charge in [0.1, 0.15) is 11.4 Å². The lowest BCUT2D eigenvalue weighted by Crippen LogP contribution is -2.29. The Morgan fingerprint density at radius 2 is 1.69 bits per heavy atom. The lowest BCUT2D eigenvalue weighted by molar-refractivity contribution is -0.274. The van der Waals surface area contributed by atoms with Gasteiger partial charge in [-0.2, -0.15) is 5.10 Å². The molecule has 0 unspecified atom stereocenters. The molecular weight excluding hydrogens is 463 g/mol. The maximum atomic E-state index is 13.3. The molecule has 1 atom stereocenters. The van der Waals surface area contributed by atoms with Gasteiger partial charge in [0.2, 0.25) is 0 Å². The molecule has 0 radical (unpaired) electrons. The number of benzene rings is 3. The van der Waals surface area contributed by atoms with E-state index in [1.807, 2.05) is 0 Å². The van der Waals surface area contributed by atoms with Gasteiger partial charge in [-0.15, -0.1) is 13.2 Å². The average Bonchev–Trinajstić information content (AvgIpc) is 3.17. The summed E-state index contributed by atoms with van der Waals surface area (Å²) < 4.78 is 42.7. The minimum atomic E-state index is -4.78. The Kier molecular flexibility index (Phi) is 6.46. The van der Waals surface area contributed by atoms with Crippen LogP contribution in [0.5, 0.6) is 5.75 Å². The Morgan fingerprint density at radius 3 is 2.31 bits per heavy atom. The van der Waals surface area contributed by atoms with Gasteiger partial charge in [0.05, 0.1) is 23.7 Å². The molecule has 4 aromatic rings. The summed E-state index contributed by atoms with van der Waals surface area (Å²) in [6, 6.07) is 18.2. The number of carboxylic acids is 1. The van der Waals surface area contributed by atoms with Gasteiger partial charge in [0.25, 0.3) is 5.91 Å². The predicted octanol–water partition coefficient (Wildman–Crippen LogP) is 5.17. The Hall–Kier alpha value is -4.34. The van der Waals surface area contributed by atoms with Crippen molar-refractivity contribution in [2.24, 2.45) is 0 Å². The largest absolute Gasteiger partial charge is 0.573 e. The molecule has 0 aliphatic heterocycles. The molecule has 180 valence electrons. The quantitative estimate of drug-likeness (QED) is 0.378. The lowest BCUT2D eigenvalue weighted by atomic mass is 10.1. The van der Waals surface area contributed by atoms with E-state index >= 15 is 0 Å². The molecule has 2 N–H and O–H groups in total. The van der Waals surface area contributed by atoms with Crippen LogP contribution < -0.4 is 10.1 Å². The van der Waals surface area contributed by atoms with Crippen molar-refractivity contribution < 1.29 is 32.6 Å². The SMILES string of the molecule is C[C@H](NC(=O)c1c2ccccc2nn1Cc1ccc(OC(F)(F)F)cc1)c1ccc(C(=O)O)cc1. The molecule has 4 rings (SSSR count). The van der Waals surface area contributed by atoms with E-state index in [4.69, 9.17) is 5.11 Å². The zero-order chi connectivity index (χ0) is 25.2. The second kappa shape index (κ2) is 9.49. The minimum Gasteiger partial charge on any atom is -0.478 e. The van der Waals surface area contributed by atoms with Gasteiger partial charge in [0, 0.05) is 5.39 Å². The van der Waals surface area contributed by atoms with Crippen molar-refractivity contribution in [1.82, 2.24) is 15.1 Å². The van der Waals surface area contributed by atoms with Gasteiger partial charge in [-0.1, -0.05) is 42.5 Å². The fraction of sp³-hybridized carbons (Fsp3) is 0.160. The first-order valence-corrected chi connectivity index (χ1v) is 10.5. The third-order valence-corrected chi connectivity index (χ3v) is 5.36. The average molecular weight is 483 g/mol. The maximum Gasteiger partial charge on any atom is 0.573 e. The monoisotopic (exact) mass is 483 g/mol. The lowest BCUT2D eigenvalue weighted by Gasteiger charge is -2.16. The highest BCUT2D eigenvalue weighted by Crippen LogP contribution is 2.25. The Bertz CT molecular complexity index is 1360. The Labute approximate surface area is 197 Å². The minimum absolute atomic E-state index is 0.142. The number of nitrogens with one attached hydrogen (secondary N) is 1. The number of hydrogen-bond acceptors (Lipinski definition) is 4. The number of ether oxygens (including phenoxy) is 1. The normalized spacial score (nSPS) is 12.3. The predicted molar refractivity (Wildman–Crippen MR) is 121 cm³/mol. The number of hydrogen-bond donors (Lipinski definition) is 2. The molecule has 0 saturated heterocycles. The van der Waals surface area contributed by atoms with Crippen molar-refractivity contribution in [3.05, 3.63) is 95.2 Å². The van der Waals surface area contributed by atoms with Crippen molar-refractivity contribution in [1.29, 1.82) is 0 Å². The van der Waals surface area contributed by atoms with Gasteiger partial charge in [0.15, 0.2) is 0 Å². The summed E-state index contributed by atoms with van der Waals surface area (Å²) in [6.45, 7) is 1.92. The molecule has 1 aromatic heterocycles. The van der Waals surface area contributed by atoms with Gasteiger partial charge in [-0.3, -0.25) is 9.48 Å². The molecule has 0 fully saturated rings. The van der Waals surface area contributed by atoms with E-state index in [2.05, 4.69) is 15.2 Å². The topological polar surface area (TPSA) is 93.5 Å². The molecule has 35 heavy (non-hydrogen) atoms. The van der Waals surface area contributed by atoms with Crippen molar-refractivity contribution in [3.63, 3.8) is 0 Å². The molecule has 0 spiro atoms. The molecule has 0 saturated carbocycles. The third kappa shape index (κ3) is 5.60. The van der Waals surface area contributed by atoms with E-state index in [9.17, 15) is 22.8 Å². The first-order valence-electron chi connectivity index (χ1n) is 10.5. The second-order valence-corrected chi connectivity index (χ2v) is 7.84. The smallest absolute Gasteiger partial charge is 0.478 e. The first kappa shape index (κ1) is 23.8. The van der Waals surface area contributed by atoms with Crippen molar-refractivity contribution in [2.45, 2.75) is 25.9 Å². The first-order chi connectivity index (χ1) is 16.6. The molecule has 1 heterocycles. The highest BCUT2D eigenvalue weighted by atomic mass is 19.4. The van der Waals surface area contributed by atoms with E-state index in [0.717, 1.165) is 5.56 Å². The number of aromatic nitrogens is 2. The zero-order valence-electron chi connectivity index (χ0n) is 18.4. The van der Waals surface area contributed by atoms with Crippen LogP contribution >= 0.6 is 0 Å². The van der Waals surface area contributed by atoms with Crippen LogP contribution in [0, 0.1) is 0 Å². The van der Waals surface area contributed by atoms with Crippen LogP contribution in [-0.4, -0.2) is 33.1 Å². The van der Waals surface area contributed by atoms with E-state index in [0.29, 0.717) is 22.2 Å². The summed E-state index contributed by atoms with van der Waals surface area (Å²) in [5, 5.41) is 17.1. The Morgan fingerprint density at radius 1 is 1.03 bits per heavy atom. The number of amides is 1. The van der Waals surface area contributed by atoms with Crippen molar-refractivity contribution in [3.8, 4) is 5.75 Å². The number of alkyl halides is 3. The van der Waals surface area contributed by atoms with E-state index in [-0.39, 0.29) is 17.9 Å². The van der Waals surface area contributed by atoms with Crippen molar-refractivity contribution in [2.75, 3.05) is 0 Å². The van der Waals surface area contributed by atoms with E-state index < -0.39 is 24.3 Å². The third-order valence-electron chi connectivity index (χ3n) is 5.36. The summed E-state index contributed by atoms with van der Waals surface area (Å²) in [5.41, 5.74) is 2.37. The van der Waals surface area contributed by atoms with Gasteiger partial charge in [-0.25, -0.2) is 4.79 Å². The van der Waals surface area contributed by atoms with Gasteiger partial charge >= 0.3 is 12.3 Å².